The first-order valence-corrected chi connectivity index (χ1v) is 7.87. The van der Waals surface area contributed by atoms with E-state index in [0.717, 1.165) is 25.3 Å². The highest BCUT2D eigenvalue weighted by Gasteiger charge is 2.46. The van der Waals surface area contributed by atoms with Crippen molar-refractivity contribution >= 4 is 0 Å². The van der Waals surface area contributed by atoms with Crippen molar-refractivity contribution in [2.24, 2.45) is 17.1 Å². The molecule has 0 aromatic carbocycles. The summed E-state index contributed by atoms with van der Waals surface area (Å²) in [6.07, 6.45) is 4.16. The fourth-order valence-electron chi connectivity index (χ4n) is 4.10. The molecule has 0 aromatic rings. The fourth-order valence-corrected chi connectivity index (χ4v) is 4.10. The lowest BCUT2D eigenvalue weighted by Gasteiger charge is -2.48. The molecule has 2 heterocycles. The fraction of sp³-hybridized carbons (Fsp3) is 1.00. The van der Waals surface area contributed by atoms with Gasteiger partial charge in [0.1, 0.15) is 0 Å². The van der Waals surface area contributed by atoms with Gasteiger partial charge in [0.2, 0.25) is 0 Å². The number of hydrogen-bond donors (Lipinski definition) is 1. The summed E-state index contributed by atoms with van der Waals surface area (Å²) < 4.78 is 5.91. The Morgan fingerprint density at radius 1 is 1.21 bits per heavy atom. The van der Waals surface area contributed by atoms with Gasteiger partial charge in [-0.25, -0.2) is 0 Å². The third kappa shape index (κ3) is 3.14. The molecule has 0 aliphatic carbocycles. The summed E-state index contributed by atoms with van der Waals surface area (Å²) in [5, 5.41) is 0. The number of ether oxygens (including phenoxy) is 1. The van der Waals surface area contributed by atoms with Crippen LogP contribution in [0.3, 0.4) is 0 Å². The van der Waals surface area contributed by atoms with Gasteiger partial charge in [0.25, 0.3) is 0 Å². The number of nitrogens with two attached hydrogens (primary N) is 1. The second-order valence-corrected chi connectivity index (χ2v) is 7.89. The van der Waals surface area contributed by atoms with E-state index in [0.29, 0.717) is 17.6 Å². The van der Waals surface area contributed by atoms with E-state index in [1.54, 1.807) is 0 Å². The predicted molar refractivity (Wildman–Crippen MR) is 80.2 cm³/mol. The van der Waals surface area contributed by atoms with Crippen LogP contribution in [0.25, 0.3) is 0 Å². The normalized spacial score (nSPS) is 41.7. The summed E-state index contributed by atoms with van der Waals surface area (Å²) in [5.74, 6) is 0.796. The average Bonchev–Trinajstić information content (AvgIpc) is 2.76. The van der Waals surface area contributed by atoms with E-state index >= 15 is 0 Å². The molecule has 2 saturated heterocycles. The maximum atomic E-state index is 6.20. The largest absolute Gasteiger partial charge is 0.375 e. The zero-order valence-corrected chi connectivity index (χ0v) is 13.4. The highest BCUT2D eigenvalue weighted by Crippen LogP contribution is 2.41. The van der Waals surface area contributed by atoms with Crippen LogP contribution in [-0.2, 0) is 4.74 Å². The topological polar surface area (TPSA) is 38.5 Å². The molecular weight excluding hydrogens is 236 g/mol. The minimum atomic E-state index is 0.178. The van der Waals surface area contributed by atoms with Crippen molar-refractivity contribution < 1.29 is 4.74 Å². The van der Waals surface area contributed by atoms with Crippen LogP contribution in [0.15, 0.2) is 0 Å². The summed E-state index contributed by atoms with van der Waals surface area (Å²) in [6.45, 7) is 14.7. The first-order valence-electron chi connectivity index (χ1n) is 7.87. The van der Waals surface area contributed by atoms with E-state index in [9.17, 15) is 0 Å². The molecule has 2 fully saturated rings. The summed E-state index contributed by atoms with van der Waals surface area (Å²) in [5.41, 5.74) is 6.79. The second kappa shape index (κ2) is 5.34. The Bertz CT molecular complexity index is 300. The minimum Gasteiger partial charge on any atom is -0.375 e. The Morgan fingerprint density at radius 2 is 1.79 bits per heavy atom. The van der Waals surface area contributed by atoms with E-state index in [2.05, 4.69) is 39.5 Å². The lowest BCUT2D eigenvalue weighted by atomic mass is 9.79. The highest BCUT2D eigenvalue weighted by atomic mass is 16.5. The second-order valence-electron chi connectivity index (χ2n) is 7.89. The molecule has 3 atom stereocenters. The molecule has 0 amide bonds. The lowest BCUT2D eigenvalue weighted by molar-refractivity contribution is -0.0995. The first-order chi connectivity index (χ1) is 8.77. The molecular formula is C16H32N2O. The maximum absolute atomic E-state index is 6.20. The number of nitrogens with zero attached hydrogens (tertiary/aromatic N) is 1. The van der Waals surface area contributed by atoms with Crippen LogP contribution in [-0.4, -0.2) is 42.3 Å². The van der Waals surface area contributed by atoms with Crippen LogP contribution in [0, 0.1) is 11.3 Å². The van der Waals surface area contributed by atoms with Crippen molar-refractivity contribution in [3.05, 3.63) is 0 Å². The molecule has 0 spiro atoms. The van der Waals surface area contributed by atoms with Crippen molar-refractivity contribution in [2.75, 3.05) is 19.6 Å². The molecule has 112 valence electrons. The van der Waals surface area contributed by atoms with Gasteiger partial charge >= 0.3 is 0 Å². The smallest absolute Gasteiger partial charge is 0.0568 e. The van der Waals surface area contributed by atoms with Crippen LogP contribution < -0.4 is 5.73 Å². The molecule has 2 rings (SSSR count). The number of hydrogen-bond acceptors (Lipinski definition) is 3. The molecule has 2 aliphatic rings. The van der Waals surface area contributed by atoms with E-state index in [1.165, 1.54) is 19.5 Å². The minimum absolute atomic E-state index is 0.178. The Hall–Kier alpha value is -0.120. The van der Waals surface area contributed by atoms with E-state index in [1.807, 2.05) is 0 Å². The number of likely N-dealkylation sites (tertiary alicyclic amines) is 1. The Labute approximate surface area is 118 Å². The van der Waals surface area contributed by atoms with Crippen LogP contribution >= 0.6 is 0 Å². The third-order valence-electron chi connectivity index (χ3n) is 5.26. The molecule has 0 radical (unpaired) electrons. The summed E-state index contributed by atoms with van der Waals surface area (Å²) in [7, 11) is 0. The van der Waals surface area contributed by atoms with Gasteiger partial charge in [-0.15, -0.1) is 0 Å². The average molecular weight is 268 g/mol. The molecule has 2 aliphatic heterocycles. The van der Waals surface area contributed by atoms with Gasteiger partial charge in [-0.05, 0) is 51.0 Å². The van der Waals surface area contributed by atoms with Crippen molar-refractivity contribution in [3.8, 4) is 0 Å². The quantitative estimate of drug-likeness (QED) is 0.837. The SMILES string of the molecule is CC1CC(CN)(N2CCC(C(C)(C)C)C2)CC(C)O1. The molecule has 2 N–H and O–H groups in total. The van der Waals surface area contributed by atoms with Gasteiger partial charge in [-0.2, -0.15) is 0 Å². The van der Waals surface area contributed by atoms with Crippen LogP contribution in [0.4, 0.5) is 0 Å². The molecule has 0 aromatic heterocycles. The first kappa shape index (κ1) is 15.3. The van der Waals surface area contributed by atoms with E-state index in [-0.39, 0.29) is 5.54 Å². The van der Waals surface area contributed by atoms with Crippen molar-refractivity contribution in [3.63, 3.8) is 0 Å². The molecule has 3 nitrogen and oxygen atoms in total. The Morgan fingerprint density at radius 3 is 2.21 bits per heavy atom. The van der Waals surface area contributed by atoms with Crippen LogP contribution in [0.5, 0.6) is 0 Å². The third-order valence-corrected chi connectivity index (χ3v) is 5.26. The van der Waals surface area contributed by atoms with Gasteiger partial charge in [-0.3, -0.25) is 4.90 Å². The summed E-state index contributed by atoms with van der Waals surface area (Å²) in [6, 6.07) is 0. The van der Waals surface area contributed by atoms with Crippen LogP contribution in [0.1, 0.15) is 53.9 Å². The zero-order chi connectivity index (χ0) is 14.3. The maximum Gasteiger partial charge on any atom is 0.0568 e. The van der Waals surface area contributed by atoms with Crippen molar-refractivity contribution in [1.82, 2.24) is 4.90 Å². The molecule has 19 heavy (non-hydrogen) atoms. The number of rotatable bonds is 2. The van der Waals surface area contributed by atoms with Gasteiger partial charge in [0.15, 0.2) is 0 Å². The standard InChI is InChI=1S/C16H32N2O/c1-12-8-16(11-17,9-13(2)19-12)18-7-6-14(10-18)15(3,4)5/h12-14H,6-11,17H2,1-5H3. The predicted octanol–water partition coefficient (Wildman–Crippen LogP) is 2.64. The van der Waals surface area contributed by atoms with Gasteiger partial charge in [0.05, 0.1) is 12.2 Å². The van der Waals surface area contributed by atoms with E-state index < -0.39 is 0 Å². The van der Waals surface area contributed by atoms with Gasteiger partial charge in [-0.1, -0.05) is 20.8 Å². The van der Waals surface area contributed by atoms with Crippen LogP contribution in [0.2, 0.25) is 0 Å². The van der Waals surface area contributed by atoms with E-state index in [4.69, 9.17) is 10.5 Å². The van der Waals surface area contributed by atoms with Crippen molar-refractivity contribution in [2.45, 2.75) is 71.6 Å². The van der Waals surface area contributed by atoms with Gasteiger partial charge in [0, 0.05) is 18.6 Å². The van der Waals surface area contributed by atoms with Gasteiger partial charge < -0.3 is 10.5 Å². The molecule has 0 bridgehead atoms. The lowest BCUT2D eigenvalue weighted by Crippen LogP contribution is -2.59. The Kier molecular flexibility index (Phi) is 4.29. The highest BCUT2D eigenvalue weighted by molar-refractivity contribution is 5.01. The summed E-state index contributed by atoms with van der Waals surface area (Å²) >= 11 is 0. The summed E-state index contributed by atoms with van der Waals surface area (Å²) in [4.78, 5) is 2.68. The molecule has 0 saturated carbocycles. The Balaban J connectivity index is 2.10. The zero-order valence-electron chi connectivity index (χ0n) is 13.4. The van der Waals surface area contributed by atoms with Crippen molar-refractivity contribution in [1.29, 1.82) is 0 Å². The molecule has 3 heteroatoms. The molecule has 3 unspecified atom stereocenters. The monoisotopic (exact) mass is 268 g/mol.